The number of para-hydroxylation sites is 2. The average Bonchev–Trinajstić information content (AvgIpc) is 2.67. The fraction of sp³-hybridized carbons (Fsp3) is 0.381. The maximum Gasteiger partial charge on any atom is 0.223 e. The molecule has 1 heterocycles. The summed E-state index contributed by atoms with van der Waals surface area (Å²) < 4.78 is 0. The Kier molecular flexibility index (Phi) is 5.59. The van der Waals surface area contributed by atoms with Crippen LogP contribution >= 0.6 is 0 Å². The second-order valence-corrected chi connectivity index (χ2v) is 6.53. The maximum absolute atomic E-state index is 12.5. The fourth-order valence-corrected chi connectivity index (χ4v) is 3.28. The Bertz CT molecular complexity index is 704. The first kappa shape index (κ1) is 17.3. The second-order valence-electron chi connectivity index (χ2n) is 6.53. The van der Waals surface area contributed by atoms with E-state index in [0.717, 1.165) is 31.6 Å². The summed E-state index contributed by atoms with van der Waals surface area (Å²) in [6, 6.07) is 15.9. The largest absolute Gasteiger partial charge is 0.506 e. The fourth-order valence-electron chi connectivity index (χ4n) is 3.28. The topological polar surface area (TPSA) is 43.8 Å². The lowest BCUT2D eigenvalue weighted by molar-refractivity contribution is -0.131. The molecular formula is C21H26N2O2. The summed E-state index contributed by atoms with van der Waals surface area (Å²) in [6.07, 6.45) is 2.39. The summed E-state index contributed by atoms with van der Waals surface area (Å²) in [5.74, 6) is 0.523. The van der Waals surface area contributed by atoms with Crippen molar-refractivity contribution in [1.82, 2.24) is 4.90 Å². The zero-order valence-corrected chi connectivity index (χ0v) is 14.8. The number of anilines is 1. The summed E-state index contributed by atoms with van der Waals surface area (Å²) in [4.78, 5) is 16.5. The van der Waals surface area contributed by atoms with Crippen molar-refractivity contribution in [3.8, 4) is 5.75 Å². The number of hydrogen-bond acceptors (Lipinski definition) is 3. The van der Waals surface area contributed by atoms with Crippen LogP contribution in [0.25, 0.3) is 0 Å². The summed E-state index contributed by atoms with van der Waals surface area (Å²) in [5, 5.41) is 9.96. The molecule has 0 aliphatic carbocycles. The quantitative estimate of drug-likeness (QED) is 0.910. The summed E-state index contributed by atoms with van der Waals surface area (Å²) >= 11 is 0. The van der Waals surface area contributed by atoms with Crippen molar-refractivity contribution >= 4 is 11.6 Å². The third kappa shape index (κ3) is 4.32. The number of piperazine rings is 1. The molecule has 0 aromatic heterocycles. The highest BCUT2D eigenvalue weighted by Crippen LogP contribution is 2.27. The highest BCUT2D eigenvalue weighted by Gasteiger charge is 2.22. The first-order valence-corrected chi connectivity index (χ1v) is 9.06. The van der Waals surface area contributed by atoms with Crippen LogP contribution in [0.3, 0.4) is 0 Å². The third-order valence-corrected chi connectivity index (χ3v) is 4.91. The molecule has 1 fully saturated rings. The standard InChI is InChI=1S/C21H26N2O2/c1-2-17-7-9-18(10-8-17)11-12-21(25)23-15-13-22(14-16-23)19-5-3-4-6-20(19)24/h3-10,24H,2,11-16H2,1H3. The molecule has 4 nitrogen and oxygen atoms in total. The zero-order valence-electron chi connectivity index (χ0n) is 14.8. The maximum atomic E-state index is 12.5. The van der Waals surface area contributed by atoms with Crippen LogP contribution < -0.4 is 4.90 Å². The van der Waals surface area contributed by atoms with Gasteiger partial charge in [0.05, 0.1) is 5.69 Å². The van der Waals surface area contributed by atoms with Gasteiger partial charge in [0.2, 0.25) is 5.91 Å². The number of aryl methyl sites for hydroxylation is 2. The van der Waals surface area contributed by atoms with Gasteiger partial charge in [-0.25, -0.2) is 0 Å². The van der Waals surface area contributed by atoms with Crippen LogP contribution in [0.4, 0.5) is 5.69 Å². The van der Waals surface area contributed by atoms with Crippen molar-refractivity contribution in [2.45, 2.75) is 26.2 Å². The van der Waals surface area contributed by atoms with Crippen LogP contribution in [0.15, 0.2) is 48.5 Å². The van der Waals surface area contributed by atoms with Gasteiger partial charge in [-0.15, -0.1) is 0 Å². The smallest absolute Gasteiger partial charge is 0.223 e. The van der Waals surface area contributed by atoms with Gasteiger partial charge in [-0.3, -0.25) is 4.79 Å². The second kappa shape index (κ2) is 8.06. The molecule has 2 aromatic carbocycles. The normalized spacial score (nSPS) is 14.6. The van der Waals surface area contributed by atoms with Gasteiger partial charge < -0.3 is 14.9 Å². The number of hydrogen-bond donors (Lipinski definition) is 1. The van der Waals surface area contributed by atoms with Gasteiger partial charge in [-0.2, -0.15) is 0 Å². The van der Waals surface area contributed by atoms with Gasteiger partial charge in [0.1, 0.15) is 5.75 Å². The molecule has 2 aromatic rings. The predicted molar refractivity (Wildman–Crippen MR) is 101 cm³/mol. The number of phenols is 1. The molecule has 0 atom stereocenters. The molecule has 1 saturated heterocycles. The molecule has 0 radical (unpaired) electrons. The van der Waals surface area contributed by atoms with E-state index in [4.69, 9.17) is 0 Å². The van der Waals surface area contributed by atoms with Crippen LogP contribution in [0.1, 0.15) is 24.5 Å². The molecule has 1 aliphatic rings. The molecule has 1 amide bonds. The number of carbonyl (C=O) groups is 1. The van der Waals surface area contributed by atoms with Gasteiger partial charge in [-0.1, -0.05) is 43.3 Å². The SMILES string of the molecule is CCc1ccc(CCC(=O)N2CCN(c3ccccc3O)CC2)cc1. The van der Waals surface area contributed by atoms with Crippen LogP contribution in [0.5, 0.6) is 5.75 Å². The monoisotopic (exact) mass is 338 g/mol. The van der Waals surface area contributed by atoms with Crippen molar-refractivity contribution in [3.05, 3.63) is 59.7 Å². The molecule has 0 bridgehead atoms. The van der Waals surface area contributed by atoms with E-state index in [9.17, 15) is 9.90 Å². The molecule has 1 aliphatic heterocycles. The Labute approximate surface area is 149 Å². The van der Waals surface area contributed by atoms with E-state index in [-0.39, 0.29) is 5.91 Å². The summed E-state index contributed by atoms with van der Waals surface area (Å²) in [6.45, 7) is 5.08. The van der Waals surface area contributed by atoms with Crippen LogP contribution in [0, 0.1) is 0 Å². The van der Waals surface area contributed by atoms with E-state index < -0.39 is 0 Å². The number of aromatic hydroxyl groups is 1. The van der Waals surface area contributed by atoms with E-state index in [0.29, 0.717) is 25.3 Å². The lowest BCUT2D eigenvalue weighted by Crippen LogP contribution is -2.48. The molecule has 0 unspecified atom stereocenters. The lowest BCUT2D eigenvalue weighted by Gasteiger charge is -2.36. The Morgan fingerprint density at radius 2 is 1.60 bits per heavy atom. The van der Waals surface area contributed by atoms with E-state index in [1.165, 1.54) is 11.1 Å². The molecule has 25 heavy (non-hydrogen) atoms. The van der Waals surface area contributed by atoms with Crippen molar-refractivity contribution in [1.29, 1.82) is 0 Å². The first-order valence-electron chi connectivity index (χ1n) is 9.06. The highest BCUT2D eigenvalue weighted by molar-refractivity contribution is 5.77. The minimum absolute atomic E-state index is 0.219. The van der Waals surface area contributed by atoms with E-state index in [1.54, 1.807) is 6.07 Å². The lowest BCUT2D eigenvalue weighted by atomic mass is 10.1. The van der Waals surface area contributed by atoms with E-state index in [1.807, 2.05) is 23.1 Å². The van der Waals surface area contributed by atoms with Crippen molar-refractivity contribution in [2.24, 2.45) is 0 Å². The predicted octanol–water partition coefficient (Wildman–Crippen LogP) is 3.24. The highest BCUT2D eigenvalue weighted by atomic mass is 16.3. The van der Waals surface area contributed by atoms with Gasteiger partial charge >= 0.3 is 0 Å². The minimum Gasteiger partial charge on any atom is -0.506 e. The first-order chi connectivity index (χ1) is 12.2. The van der Waals surface area contributed by atoms with Gasteiger partial charge in [0, 0.05) is 32.6 Å². The van der Waals surface area contributed by atoms with Crippen molar-refractivity contribution in [2.75, 3.05) is 31.1 Å². The van der Waals surface area contributed by atoms with Crippen LogP contribution in [-0.2, 0) is 17.6 Å². The molecular weight excluding hydrogens is 312 g/mol. The Balaban J connectivity index is 1.49. The van der Waals surface area contributed by atoms with Crippen molar-refractivity contribution in [3.63, 3.8) is 0 Å². The number of rotatable bonds is 5. The van der Waals surface area contributed by atoms with E-state index >= 15 is 0 Å². The summed E-state index contributed by atoms with van der Waals surface area (Å²) in [5.41, 5.74) is 3.40. The number of carbonyl (C=O) groups excluding carboxylic acids is 1. The number of benzene rings is 2. The Morgan fingerprint density at radius 1 is 0.960 bits per heavy atom. The number of amides is 1. The minimum atomic E-state index is 0.219. The van der Waals surface area contributed by atoms with Crippen LogP contribution in [-0.4, -0.2) is 42.1 Å². The summed E-state index contributed by atoms with van der Waals surface area (Å²) in [7, 11) is 0. The zero-order chi connectivity index (χ0) is 17.6. The van der Waals surface area contributed by atoms with Gasteiger partial charge in [0.15, 0.2) is 0 Å². The third-order valence-electron chi connectivity index (χ3n) is 4.91. The number of phenolic OH excluding ortho intramolecular Hbond substituents is 1. The molecule has 1 N–H and O–H groups in total. The molecule has 0 spiro atoms. The van der Waals surface area contributed by atoms with Crippen LogP contribution in [0.2, 0.25) is 0 Å². The number of nitrogens with zero attached hydrogens (tertiary/aromatic N) is 2. The Morgan fingerprint density at radius 3 is 2.24 bits per heavy atom. The van der Waals surface area contributed by atoms with E-state index in [2.05, 4.69) is 36.1 Å². The molecule has 3 rings (SSSR count). The Hall–Kier alpha value is -2.49. The average molecular weight is 338 g/mol. The van der Waals surface area contributed by atoms with Gasteiger partial charge in [-0.05, 0) is 36.1 Å². The molecule has 132 valence electrons. The molecule has 4 heteroatoms. The van der Waals surface area contributed by atoms with Gasteiger partial charge in [0.25, 0.3) is 0 Å². The van der Waals surface area contributed by atoms with Crippen molar-refractivity contribution < 1.29 is 9.90 Å². The molecule has 0 saturated carbocycles.